The summed E-state index contributed by atoms with van der Waals surface area (Å²) in [6.45, 7) is 11.1. The van der Waals surface area contributed by atoms with E-state index in [4.69, 9.17) is 9.47 Å². The number of rotatable bonds is 8. The van der Waals surface area contributed by atoms with Gasteiger partial charge < -0.3 is 26.8 Å². The third-order valence-corrected chi connectivity index (χ3v) is 6.05. The Morgan fingerprint density at radius 3 is 2.47 bits per heavy atom. The third kappa shape index (κ3) is 5.88. The van der Waals surface area contributed by atoms with Crippen molar-refractivity contribution in [3.8, 4) is 0 Å². The average molecular weight is 452 g/mol. The van der Waals surface area contributed by atoms with Crippen LogP contribution in [0.15, 0.2) is 52.4 Å². The normalized spacial score (nSPS) is 12.6. The molecule has 6 nitrogen and oxygen atoms in total. The summed E-state index contributed by atoms with van der Waals surface area (Å²) >= 11 is 1.61. The Labute approximate surface area is 189 Å². The number of halogens is 1. The van der Waals surface area contributed by atoms with Gasteiger partial charge in [-0.15, -0.1) is 0 Å². The summed E-state index contributed by atoms with van der Waals surface area (Å²) in [6.07, 6.45) is 1.26. The lowest BCUT2D eigenvalue weighted by molar-refractivity contribution is -0.942. The number of para-hydroxylation sites is 1. The van der Waals surface area contributed by atoms with Gasteiger partial charge in [-0.3, -0.25) is 0 Å². The molecule has 2 aromatic rings. The maximum absolute atomic E-state index is 12.8. The van der Waals surface area contributed by atoms with E-state index >= 15 is 0 Å². The lowest BCUT2D eigenvalue weighted by Gasteiger charge is -2.29. The third-order valence-electron chi connectivity index (χ3n) is 4.94. The van der Waals surface area contributed by atoms with Crippen molar-refractivity contribution >= 4 is 29.4 Å². The zero-order chi connectivity index (χ0) is 20.8. The van der Waals surface area contributed by atoms with Crippen LogP contribution in [-0.2, 0) is 9.47 Å². The Bertz CT molecular complexity index is 781. The molecule has 8 heteroatoms. The highest BCUT2D eigenvalue weighted by molar-refractivity contribution is 7.99. The molecule has 164 valence electrons. The van der Waals surface area contributed by atoms with Gasteiger partial charge in [0.25, 0.3) is 0 Å². The number of aromatic nitrogens is 1. The van der Waals surface area contributed by atoms with Crippen LogP contribution in [0.3, 0.4) is 0 Å². The highest BCUT2D eigenvalue weighted by Crippen LogP contribution is 2.46. The number of ether oxygens (including phenoxy) is 2. The van der Waals surface area contributed by atoms with Crippen LogP contribution in [0, 0.1) is 0 Å². The van der Waals surface area contributed by atoms with E-state index in [0.717, 1.165) is 22.0 Å². The van der Waals surface area contributed by atoms with Crippen LogP contribution in [0.25, 0.3) is 0 Å². The quantitative estimate of drug-likeness (QED) is 0.594. The number of anilines is 2. The van der Waals surface area contributed by atoms with E-state index in [2.05, 4.69) is 32.7 Å². The van der Waals surface area contributed by atoms with Gasteiger partial charge in [0.1, 0.15) is 13.2 Å². The van der Waals surface area contributed by atoms with Crippen molar-refractivity contribution in [1.82, 2.24) is 4.98 Å². The first-order chi connectivity index (χ1) is 14.0. The number of carbonyl (C=O) groups is 1. The Morgan fingerprint density at radius 2 is 1.73 bits per heavy atom. The fourth-order valence-electron chi connectivity index (χ4n) is 3.56. The first-order valence-electron chi connectivity index (χ1n) is 10.1. The predicted octanol–water partition coefficient (Wildman–Crippen LogP) is 0.543. The second-order valence-corrected chi connectivity index (χ2v) is 8.68. The van der Waals surface area contributed by atoms with Crippen molar-refractivity contribution in [3.63, 3.8) is 0 Å². The summed E-state index contributed by atoms with van der Waals surface area (Å²) in [4.78, 5) is 22.2. The number of quaternary nitrogens is 1. The van der Waals surface area contributed by atoms with Crippen molar-refractivity contribution in [3.05, 3.63) is 42.6 Å². The first-order valence-corrected chi connectivity index (χ1v) is 10.9. The molecule has 1 amide bonds. The van der Waals surface area contributed by atoms with Gasteiger partial charge in [0, 0.05) is 11.1 Å². The molecular weight excluding hydrogens is 422 g/mol. The van der Waals surface area contributed by atoms with Crippen molar-refractivity contribution in [2.45, 2.75) is 49.6 Å². The van der Waals surface area contributed by atoms with Crippen LogP contribution in [-0.4, -0.2) is 49.5 Å². The second-order valence-electron chi connectivity index (χ2n) is 7.59. The molecular formula is C22H30ClN3O3S. The number of amides is 1. The van der Waals surface area contributed by atoms with Gasteiger partial charge in [-0.1, -0.05) is 23.9 Å². The van der Waals surface area contributed by atoms with E-state index in [1.165, 1.54) is 4.90 Å². The molecule has 3 rings (SSSR count). The molecule has 1 aliphatic heterocycles. The topological polar surface area (TPSA) is 56.1 Å². The zero-order valence-corrected chi connectivity index (χ0v) is 19.5. The Balaban J connectivity index is 0.00000320. The standard InChI is InChI=1S/C22H29N3O3S.ClH/c1-16(2)24(17(3)4)12-13-27-14-15-28-22(26)25-18-8-5-6-9-19(18)29-20-10-7-11-23-21(20)25;/h5-11,16-17H,12-15H2,1-4H3;1H. The fraction of sp³-hybridized carbons (Fsp3) is 0.455. The molecule has 0 unspecified atom stereocenters. The SMILES string of the molecule is CC(C)[NH+](CCOCCOC(=O)N1c2ccccc2Sc2cccnc21)C(C)C.[Cl-]. The van der Waals surface area contributed by atoms with E-state index in [1.54, 1.807) is 22.9 Å². The second kappa shape index (κ2) is 11.6. The van der Waals surface area contributed by atoms with Crippen LogP contribution in [0.2, 0.25) is 0 Å². The number of nitrogens with zero attached hydrogens (tertiary/aromatic N) is 2. The number of pyridine rings is 1. The molecule has 2 heterocycles. The lowest BCUT2D eigenvalue weighted by atomic mass is 10.2. The molecule has 0 atom stereocenters. The van der Waals surface area contributed by atoms with E-state index in [9.17, 15) is 4.79 Å². The summed E-state index contributed by atoms with van der Waals surface area (Å²) in [5.74, 6) is 0.607. The molecule has 0 saturated heterocycles. The Kier molecular flexibility index (Phi) is 9.42. The van der Waals surface area contributed by atoms with Crippen molar-refractivity contribution in [1.29, 1.82) is 0 Å². The van der Waals surface area contributed by atoms with Crippen molar-refractivity contribution < 1.29 is 31.6 Å². The van der Waals surface area contributed by atoms with Gasteiger partial charge >= 0.3 is 6.09 Å². The molecule has 0 saturated carbocycles. The number of hydrogen-bond acceptors (Lipinski definition) is 5. The monoisotopic (exact) mass is 451 g/mol. The summed E-state index contributed by atoms with van der Waals surface area (Å²) in [7, 11) is 0. The smallest absolute Gasteiger partial charge is 0.420 e. The molecule has 0 fully saturated rings. The number of nitrogens with one attached hydrogen (secondary N) is 1. The minimum absolute atomic E-state index is 0. The lowest BCUT2D eigenvalue weighted by Crippen LogP contribution is -3.18. The molecule has 1 aromatic carbocycles. The molecule has 0 radical (unpaired) electrons. The highest BCUT2D eigenvalue weighted by atomic mass is 35.5. The molecule has 0 aliphatic carbocycles. The first kappa shape index (κ1) is 24.5. The fourth-order valence-corrected chi connectivity index (χ4v) is 4.59. The molecule has 1 aromatic heterocycles. The Hall–Kier alpha value is -1.80. The zero-order valence-electron chi connectivity index (χ0n) is 17.9. The van der Waals surface area contributed by atoms with Crippen LogP contribution >= 0.6 is 11.8 Å². The Morgan fingerprint density at radius 1 is 1.03 bits per heavy atom. The molecule has 1 N–H and O–H groups in total. The van der Waals surface area contributed by atoms with Crippen LogP contribution < -0.4 is 22.2 Å². The van der Waals surface area contributed by atoms with E-state index < -0.39 is 6.09 Å². The van der Waals surface area contributed by atoms with E-state index in [1.807, 2.05) is 36.4 Å². The number of fused-ring (bicyclic) bond motifs is 2. The minimum atomic E-state index is -0.432. The van der Waals surface area contributed by atoms with Gasteiger partial charge in [-0.25, -0.2) is 14.7 Å². The van der Waals surface area contributed by atoms with Gasteiger partial charge in [-0.2, -0.15) is 0 Å². The number of carbonyl (C=O) groups excluding carboxylic acids is 1. The van der Waals surface area contributed by atoms with Crippen LogP contribution in [0.1, 0.15) is 27.7 Å². The van der Waals surface area contributed by atoms with E-state index in [-0.39, 0.29) is 19.0 Å². The molecule has 0 spiro atoms. The predicted molar refractivity (Wildman–Crippen MR) is 115 cm³/mol. The van der Waals surface area contributed by atoms with Crippen LogP contribution in [0.4, 0.5) is 16.3 Å². The van der Waals surface area contributed by atoms with Crippen molar-refractivity contribution in [2.75, 3.05) is 31.3 Å². The van der Waals surface area contributed by atoms with Crippen molar-refractivity contribution in [2.24, 2.45) is 0 Å². The average Bonchev–Trinajstić information content (AvgIpc) is 2.70. The van der Waals surface area contributed by atoms with Gasteiger partial charge in [0.15, 0.2) is 5.82 Å². The minimum Gasteiger partial charge on any atom is -1.00 e. The highest BCUT2D eigenvalue weighted by Gasteiger charge is 2.30. The number of benzene rings is 1. The van der Waals surface area contributed by atoms with Crippen LogP contribution in [0.5, 0.6) is 0 Å². The summed E-state index contributed by atoms with van der Waals surface area (Å²) in [5.41, 5.74) is 0.794. The molecule has 1 aliphatic rings. The summed E-state index contributed by atoms with van der Waals surface area (Å²) in [6, 6.07) is 12.7. The van der Waals surface area contributed by atoms with Gasteiger partial charge in [-0.05, 0) is 52.0 Å². The summed E-state index contributed by atoms with van der Waals surface area (Å²) < 4.78 is 11.2. The van der Waals surface area contributed by atoms with Gasteiger partial charge in [0.05, 0.1) is 35.9 Å². The molecule has 30 heavy (non-hydrogen) atoms. The van der Waals surface area contributed by atoms with E-state index in [0.29, 0.717) is 31.1 Å². The largest absolute Gasteiger partial charge is 1.00 e. The maximum Gasteiger partial charge on any atom is 0.420 e. The van der Waals surface area contributed by atoms with Gasteiger partial charge in [0.2, 0.25) is 0 Å². The summed E-state index contributed by atoms with van der Waals surface area (Å²) in [5, 5.41) is 0. The molecule has 0 bridgehead atoms. The number of hydrogen-bond donors (Lipinski definition) is 1. The maximum atomic E-state index is 12.8.